The molecule has 0 spiro atoms. The van der Waals surface area contributed by atoms with Gasteiger partial charge < -0.3 is 15.2 Å². The first kappa shape index (κ1) is 27.9. The van der Waals surface area contributed by atoms with Crippen LogP contribution < -0.4 is 21.9 Å². The second-order valence-corrected chi connectivity index (χ2v) is 11.5. The third-order valence-corrected chi connectivity index (χ3v) is 9.35. The molecular weight excluding hydrogens is 504 g/mol. The maximum absolute atomic E-state index is 14.5. The number of nitrogens with zero attached hydrogens (tertiary/aromatic N) is 1. The third kappa shape index (κ3) is 5.64. The van der Waals surface area contributed by atoms with Gasteiger partial charge in [-0.1, -0.05) is 0 Å². The Bertz CT molecular complexity index is 788. The molecule has 0 amide bonds. The molecule has 10 unspecified atom stereocenters. The van der Waals surface area contributed by atoms with Crippen LogP contribution in [-0.4, -0.2) is 85.6 Å². The highest BCUT2D eigenvalue weighted by Crippen LogP contribution is 2.44. The van der Waals surface area contributed by atoms with Crippen molar-refractivity contribution in [3.05, 3.63) is 0 Å². The van der Waals surface area contributed by atoms with Crippen LogP contribution in [0.2, 0.25) is 0 Å². The van der Waals surface area contributed by atoms with Gasteiger partial charge in [0.05, 0.1) is 30.4 Å². The third-order valence-electron chi connectivity index (χ3n) is 9.35. The van der Waals surface area contributed by atoms with E-state index in [0.717, 1.165) is 12.8 Å². The molecule has 5 saturated heterocycles. The first-order valence-corrected chi connectivity index (χ1v) is 13.6. The summed E-state index contributed by atoms with van der Waals surface area (Å²) in [5.41, 5.74) is 12.1. The molecule has 0 saturated carbocycles. The van der Waals surface area contributed by atoms with Gasteiger partial charge in [0, 0.05) is 37.3 Å². The Balaban J connectivity index is 1.48. The fourth-order valence-electron chi connectivity index (χ4n) is 7.57. The lowest BCUT2D eigenvalue weighted by atomic mass is 9.80. The molecular formula is C24H39F6N5O2. The van der Waals surface area contributed by atoms with Crippen molar-refractivity contribution in [3.63, 3.8) is 0 Å². The zero-order valence-electron chi connectivity index (χ0n) is 21.0. The molecule has 5 aliphatic heterocycles. The van der Waals surface area contributed by atoms with E-state index in [-0.39, 0.29) is 25.0 Å². The molecule has 0 aromatic rings. The maximum atomic E-state index is 14.5. The number of fused-ring (bicyclic) bond motifs is 9. The van der Waals surface area contributed by atoms with Crippen molar-refractivity contribution in [1.82, 2.24) is 21.1 Å². The zero-order chi connectivity index (χ0) is 26.5. The largest absolute Gasteiger partial charge is 0.395 e. The van der Waals surface area contributed by atoms with Gasteiger partial charge in [0.25, 0.3) is 0 Å². The molecule has 5 fully saturated rings. The van der Waals surface area contributed by atoms with Gasteiger partial charge in [0.15, 0.2) is 0 Å². The second-order valence-electron chi connectivity index (χ2n) is 11.5. The quantitative estimate of drug-likeness (QED) is 0.379. The first-order valence-electron chi connectivity index (χ1n) is 13.6. The fourth-order valence-corrected chi connectivity index (χ4v) is 7.57. The van der Waals surface area contributed by atoms with Crippen molar-refractivity contribution in [1.29, 1.82) is 0 Å². The number of rotatable bonds is 1. The summed E-state index contributed by atoms with van der Waals surface area (Å²) in [7, 11) is 1.41. The van der Waals surface area contributed by atoms with Crippen molar-refractivity contribution in [2.75, 3.05) is 13.7 Å². The van der Waals surface area contributed by atoms with Crippen LogP contribution in [-0.2, 0) is 9.47 Å². The van der Waals surface area contributed by atoms with E-state index < -0.39 is 66.7 Å². The minimum atomic E-state index is -4.56. The summed E-state index contributed by atoms with van der Waals surface area (Å²) in [4.78, 5) is 1.94. The van der Waals surface area contributed by atoms with Crippen LogP contribution in [0.5, 0.6) is 0 Å². The molecule has 0 aromatic carbocycles. The number of methoxy groups -OCH3 is 1. The Labute approximate surface area is 213 Å². The average molecular weight is 544 g/mol. The number of nitrogens with one attached hydrogen (secondary N) is 3. The number of piperidine rings is 1. The molecule has 7 nitrogen and oxygen atoms in total. The molecule has 214 valence electrons. The molecule has 5 N–H and O–H groups in total. The lowest BCUT2D eigenvalue weighted by molar-refractivity contribution is -0.251. The van der Waals surface area contributed by atoms with Crippen LogP contribution in [0.1, 0.15) is 57.8 Å². The molecule has 0 aromatic heterocycles. The van der Waals surface area contributed by atoms with Crippen LogP contribution in [0.25, 0.3) is 0 Å². The van der Waals surface area contributed by atoms with Crippen molar-refractivity contribution in [2.24, 2.45) is 17.6 Å². The molecule has 6 bridgehead atoms. The summed E-state index contributed by atoms with van der Waals surface area (Å²) >= 11 is 0. The van der Waals surface area contributed by atoms with Gasteiger partial charge in [-0.25, -0.2) is 0 Å². The topological polar surface area (TPSA) is 83.8 Å². The minimum absolute atomic E-state index is 0.0149. The highest BCUT2D eigenvalue weighted by atomic mass is 19.4. The van der Waals surface area contributed by atoms with Gasteiger partial charge in [0.2, 0.25) is 0 Å². The number of ether oxygens (including phenoxy) is 2. The molecule has 13 heteroatoms. The summed E-state index contributed by atoms with van der Waals surface area (Å²) in [6.45, 7) is 0.559. The SMILES string of the molecule is COC1CCC2CCC[C@@H]3CCCN3C3NC(C(N)CC3C(F)(F)F)C3CC(NN3)C(C(F)(F)F)C1O2. The lowest BCUT2D eigenvalue weighted by Gasteiger charge is -2.48. The van der Waals surface area contributed by atoms with Crippen LogP contribution in [0.4, 0.5) is 26.3 Å². The molecule has 5 rings (SSSR count). The minimum Gasteiger partial charge on any atom is -0.379 e. The molecule has 0 aliphatic carbocycles. The van der Waals surface area contributed by atoms with E-state index in [2.05, 4.69) is 16.2 Å². The predicted octanol–water partition coefficient (Wildman–Crippen LogP) is 2.80. The number of alkyl halides is 6. The van der Waals surface area contributed by atoms with Gasteiger partial charge in [-0.05, 0) is 64.3 Å². The summed E-state index contributed by atoms with van der Waals surface area (Å²) in [5.74, 6) is -3.46. The fraction of sp³-hybridized carbons (Fsp3) is 1.00. The van der Waals surface area contributed by atoms with Crippen molar-refractivity contribution < 1.29 is 35.8 Å². The highest BCUT2D eigenvalue weighted by Gasteiger charge is 2.58. The van der Waals surface area contributed by atoms with Gasteiger partial charge in [-0.3, -0.25) is 21.1 Å². The Morgan fingerprint density at radius 2 is 1.62 bits per heavy atom. The molecule has 5 aliphatic rings. The van der Waals surface area contributed by atoms with Crippen molar-refractivity contribution in [3.8, 4) is 0 Å². The van der Waals surface area contributed by atoms with Crippen LogP contribution in [0.15, 0.2) is 0 Å². The Kier molecular flexibility index (Phi) is 8.05. The Hall–Kier alpha value is -0.700. The van der Waals surface area contributed by atoms with E-state index >= 15 is 0 Å². The highest BCUT2D eigenvalue weighted by molar-refractivity contribution is 5.07. The smallest absolute Gasteiger partial charge is 0.379 e. The van der Waals surface area contributed by atoms with Gasteiger partial charge >= 0.3 is 12.4 Å². The van der Waals surface area contributed by atoms with Gasteiger partial charge in [-0.15, -0.1) is 0 Å². The Morgan fingerprint density at radius 3 is 2.32 bits per heavy atom. The van der Waals surface area contributed by atoms with Crippen LogP contribution in [0.3, 0.4) is 0 Å². The summed E-state index contributed by atoms with van der Waals surface area (Å²) in [5, 5.41) is 3.19. The summed E-state index contributed by atoms with van der Waals surface area (Å²) < 4.78 is 97.7. The second kappa shape index (κ2) is 10.7. The Morgan fingerprint density at radius 1 is 0.892 bits per heavy atom. The molecule has 11 atom stereocenters. The molecule has 37 heavy (non-hydrogen) atoms. The van der Waals surface area contributed by atoms with Gasteiger partial charge in [0.1, 0.15) is 5.92 Å². The zero-order valence-corrected chi connectivity index (χ0v) is 21.0. The van der Waals surface area contributed by atoms with Crippen LogP contribution >= 0.6 is 0 Å². The van der Waals surface area contributed by atoms with Crippen LogP contribution in [0, 0.1) is 11.8 Å². The van der Waals surface area contributed by atoms with Crippen molar-refractivity contribution in [2.45, 2.75) is 125 Å². The normalized spacial score (nSPS) is 46.2. The lowest BCUT2D eigenvalue weighted by Crippen LogP contribution is -2.70. The maximum Gasteiger partial charge on any atom is 0.395 e. The first-order chi connectivity index (χ1) is 17.5. The standard InChI is InChI=1S/C24H39F6N5O2/c1-36-18-8-7-13-6-2-4-12-5-3-9-35(12)22-14(23(25,26)27)10-15(31)20(32-22)17-11-16(33-34-17)19(21(18)37-13)24(28,29)30/h12-22,32-34H,2-11,31H2,1H3/t12-,13?,14?,15?,16?,17?,18?,19?,20?,21?,22?/m1/s1. The predicted molar refractivity (Wildman–Crippen MR) is 123 cm³/mol. The van der Waals surface area contributed by atoms with Gasteiger partial charge in [-0.2, -0.15) is 26.3 Å². The number of nitrogens with two attached hydrogens (primary N) is 1. The monoisotopic (exact) mass is 543 g/mol. The van der Waals surface area contributed by atoms with E-state index in [1.165, 1.54) is 7.11 Å². The summed E-state index contributed by atoms with van der Waals surface area (Å²) in [6.07, 6.45) is -7.66. The van der Waals surface area contributed by atoms with E-state index in [4.69, 9.17) is 15.2 Å². The number of hydrogen-bond acceptors (Lipinski definition) is 7. The van der Waals surface area contributed by atoms with E-state index in [1.54, 1.807) is 0 Å². The summed E-state index contributed by atoms with van der Waals surface area (Å²) in [6, 6.07) is -3.07. The number of hydrazine groups is 1. The molecule has 0 radical (unpaired) electrons. The van der Waals surface area contributed by atoms with E-state index in [9.17, 15) is 26.3 Å². The van der Waals surface area contributed by atoms with Crippen molar-refractivity contribution >= 4 is 0 Å². The molecule has 5 heterocycles. The number of hydrogen-bond donors (Lipinski definition) is 4. The van der Waals surface area contributed by atoms with E-state index in [0.29, 0.717) is 38.6 Å². The average Bonchev–Trinajstić information content (AvgIpc) is 3.47. The number of halogens is 6. The van der Waals surface area contributed by atoms with E-state index in [1.807, 2.05) is 4.90 Å².